The zero-order chi connectivity index (χ0) is 15.5. The minimum Gasteiger partial charge on any atom is -0.439 e. The van der Waals surface area contributed by atoms with E-state index in [0.29, 0.717) is 5.69 Å². The lowest BCUT2D eigenvalue weighted by Crippen LogP contribution is -2.34. The highest BCUT2D eigenvalue weighted by Crippen LogP contribution is 2.27. The van der Waals surface area contributed by atoms with E-state index in [9.17, 15) is 18.0 Å². The predicted octanol–water partition coefficient (Wildman–Crippen LogP) is 4.37. The van der Waals surface area contributed by atoms with Crippen LogP contribution in [-0.4, -0.2) is 25.4 Å². The van der Waals surface area contributed by atoms with Gasteiger partial charge in [0.2, 0.25) is 0 Å². The summed E-state index contributed by atoms with van der Waals surface area (Å²) in [6.45, 7) is 0.300. The number of rotatable bonds is 3. The van der Waals surface area contributed by atoms with Gasteiger partial charge in [0.1, 0.15) is 0 Å². The first-order valence-electron chi connectivity index (χ1n) is 6.41. The van der Waals surface area contributed by atoms with Gasteiger partial charge in [-0.15, -0.1) is 0 Å². The molecule has 2 aromatic rings. The summed E-state index contributed by atoms with van der Waals surface area (Å²) in [5, 5.41) is 1.68. The molecule has 0 aliphatic heterocycles. The summed E-state index contributed by atoms with van der Waals surface area (Å²) >= 11 is 0. The zero-order valence-corrected chi connectivity index (χ0v) is 11.4. The van der Waals surface area contributed by atoms with Gasteiger partial charge in [0.15, 0.2) is 6.61 Å². The van der Waals surface area contributed by atoms with E-state index < -0.39 is 18.9 Å². The standard InChI is InChI=1S/C15H14F3NO2/c1-2-19(14(20)21-10-15(16,17)18)13-9-5-7-11-6-3-4-8-12(11)13/h3-9H,2,10H2,1H3. The number of halogens is 3. The molecular weight excluding hydrogens is 283 g/mol. The second-order valence-electron chi connectivity index (χ2n) is 4.41. The molecule has 0 aromatic heterocycles. The Balaban J connectivity index is 2.29. The first-order valence-corrected chi connectivity index (χ1v) is 6.41. The van der Waals surface area contributed by atoms with Crippen molar-refractivity contribution in [1.82, 2.24) is 0 Å². The maximum absolute atomic E-state index is 12.1. The number of anilines is 1. The number of amides is 1. The maximum Gasteiger partial charge on any atom is 0.422 e. The minimum absolute atomic E-state index is 0.213. The van der Waals surface area contributed by atoms with Gasteiger partial charge in [-0.1, -0.05) is 36.4 Å². The number of benzene rings is 2. The second kappa shape index (κ2) is 6.03. The van der Waals surface area contributed by atoms with Crippen LogP contribution in [0.1, 0.15) is 6.92 Å². The Morgan fingerprint density at radius 3 is 2.48 bits per heavy atom. The third kappa shape index (κ3) is 3.65. The summed E-state index contributed by atoms with van der Waals surface area (Å²) in [6.07, 6.45) is -5.54. The molecule has 0 unspecified atom stereocenters. The van der Waals surface area contributed by atoms with Gasteiger partial charge < -0.3 is 4.74 Å². The molecule has 0 spiro atoms. The molecule has 0 atom stereocenters. The Labute approximate surface area is 119 Å². The van der Waals surface area contributed by atoms with Crippen LogP contribution in [0.2, 0.25) is 0 Å². The Kier molecular flexibility index (Phi) is 4.35. The monoisotopic (exact) mass is 297 g/mol. The number of nitrogens with zero attached hydrogens (tertiary/aromatic N) is 1. The summed E-state index contributed by atoms with van der Waals surface area (Å²) in [5.41, 5.74) is 0.530. The molecule has 3 nitrogen and oxygen atoms in total. The summed E-state index contributed by atoms with van der Waals surface area (Å²) in [6, 6.07) is 12.6. The smallest absolute Gasteiger partial charge is 0.422 e. The molecule has 0 N–H and O–H groups in total. The first kappa shape index (κ1) is 15.2. The van der Waals surface area contributed by atoms with Crippen LogP contribution >= 0.6 is 0 Å². The van der Waals surface area contributed by atoms with Crippen molar-refractivity contribution in [3.63, 3.8) is 0 Å². The molecule has 0 saturated carbocycles. The van der Waals surface area contributed by atoms with Crippen molar-refractivity contribution < 1.29 is 22.7 Å². The van der Waals surface area contributed by atoms with Crippen molar-refractivity contribution in [2.45, 2.75) is 13.1 Å². The molecule has 112 valence electrons. The van der Waals surface area contributed by atoms with Crippen LogP contribution in [-0.2, 0) is 4.74 Å². The number of carbonyl (C=O) groups excluding carboxylic acids is 1. The number of hydrogen-bond donors (Lipinski definition) is 0. The number of ether oxygens (including phenoxy) is 1. The van der Waals surface area contributed by atoms with Crippen LogP contribution in [0.3, 0.4) is 0 Å². The molecule has 2 aromatic carbocycles. The van der Waals surface area contributed by atoms with E-state index in [1.807, 2.05) is 24.3 Å². The Hall–Kier alpha value is -2.24. The van der Waals surface area contributed by atoms with Crippen molar-refractivity contribution in [3.05, 3.63) is 42.5 Å². The number of fused-ring (bicyclic) bond motifs is 1. The Morgan fingerprint density at radius 2 is 1.81 bits per heavy atom. The molecule has 0 aliphatic carbocycles. The van der Waals surface area contributed by atoms with Crippen LogP contribution in [0.4, 0.5) is 23.7 Å². The summed E-state index contributed by atoms with van der Waals surface area (Å²) in [5.74, 6) is 0. The summed E-state index contributed by atoms with van der Waals surface area (Å²) in [7, 11) is 0. The fourth-order valence-electron chi connectivity index (χ4n) is 2.06. The highest BCUT2D eigenvalue weighted by atomic mass is 19.4. The molecule has 2 rings (SSSR count). The van der Waals surface area contributed by atoms with Crippen molar-refractivity contribution in [3.8, 4) is 0 Å². The van der Waals surface area contributed by atoms with Gasteiger partial charge in [0, 0.05) is 11.9 Å². The molecule has 1 amide bonds. The van der Waals surface area contributed by atoms with E-state index in [-0.39, 0.29) is 6.54 Å². The summed E-state index contributed by atoms with van der Waals surface area (Å²) in [4.78, 5) is 13.1. The van der Waals surface area contributed by atoms with Gasteiger partial charge >= 0.3 is 12.3 Å². The van der Waals surface area contributed by atoms with Crippen LogP contribution in [0.15, 0.2) is 42.5 Å². The average Bonchev–Trinajstić information content (AvgIpc) is 2.45. The van der Waals surface area contributed by atoms with Gasteiger partial charge in [0.05, 0.1) is 5.69 Å². The zero-order valence-electron chi connectivity index (χ0n) is 11.4. The number of alkyl halides is 3. The lowest BCUT2D eigenvalue weighted by molar-refractivity contribution is -0.159. The molecule has 0 saturated heterocycles. The van der Waals surface area contributed by atoms with E-state index in [4.69, 9.17) is 0 Å². The maximum atomic E-state index is 12.1. The SMILES string of the molecule is CCN(C(=O)OCC(F)(F)F)c1cccc2ccccc12. The number of hydrogen-bond acceptors (Lipinski definition) is 2. The van der Waals surface area contributed by atoms with Gasteiger partial charge in [-0.2, -0.15) is 13.2 Å². The first-order chi connectivity index (χ1) is 9.92. The van der Waals surface area contributed by atoms with Crippen molar-refractivity contribution in [1.29, 1.82) is 0 Å². The molecule has 6 heteroatoms. The second-order valence-corrected chi connectivity index (χ2v) is 4.41. The molecular formula is C15H14F3NO2. The highest BCUT2D eigenvalue weighted by Gasteiger charge is 2.31. The minimum atomic E-state index is -4.53. The molecule has 0 heterocycles. The van der Waals surface area contributed by atoms with E-state index in [1.54, 1.807) is 25.1 Å². The van der Waals surface area contributed by atoms with Crippen LogP contribution < -0.4 is 4.90 Å². The number of carbonyl (C=O) groups is 1. The lowest BCUT2D eigenvalue weighted by Gasteiger charge is -2.22. The van der Waals surface area contributed by atoms with Gasteiger partial charge in [-0.25, -0.2) is 4.79 Å². The highest BCUT2D eigenvalue weighted by molar-refractivity contribution is 6.01. The van der Waals surface area contributed by atoms with Crippen molar-refractivity contribution >= 4 is 22.6 Å². The van der Waals surface area contributed by atoms with Crippen LogP contribution in [0.25, 0.3) is 10.8 Å². The third-order valence-corrected chi connectivity index (χ3v) is 2.95. The average molecular weight is 297 g/mol. The fourth-order valence-corrected chi connectivity index (χ4v) is 2.06. The van der Waals surface area contributed by atoms with E-state index in [0.717, 1.165) is 10.8 Å². The fraction of sp³-hybridized carbons (Fsp3) is 0.267. The van der Waals surface area contributed by atoms with Gasteiger partial charge in [0.25, 0.3) is 0 Å². The van der Waals surface area contributed by atoms with Crippen LogP contribution in [0, 0.1) is 0 Å². The molecule has 0 bridgehead atoms. The largest absolute Gasteiger partial charge is 0.439 e. The Bertz CT molecular complexity index is 635. The van der Waals surface area contributed by atoms with E-state index in [1.165, 1.54) is 4.90 Å². The molecule has 0 aliphatic rings. The van der Waals surface area contributed by atoms with Crippen molar-refractivity contribution in [2.75, 3.05) is 18.1 Å². The van der Waals surface area contributed by atoms with Gasteiger partial charge in [-0.3, -0.25) is 4.90 Å². The third-order valence-electron chi connectivity index (χ3n) is 2.95. The normalized spacial score (nSPS) is 11.4. The lowest BCUT2D eigenvalue weighted by atomic mass is 10.1. The predicted molar refractivity (Wildman–Crippen MR) is 74.4 cm³/mol. The summed E-state index contributed by atoms with van der Waals surface area (Å²) < 4.78 is 40.8. The topological polar surface area (TPSA) is 29.5 Å². The van der Waals surface area contributed by atoms with Crippen molar-refractivity contribution in [2.24, 2.45) is 0 Å². The molecule has 0 radical (unpaired) electrons. The van der Waals surface area contributed by atoms with E-state index in [2.05, 4.69) is 4.74 Å². The molecule has 21 heavy (non-hydrogen) atoms. The van der Waals surface area contributed by atoms with Gasteiger partial charge in [-0.05, 0) is 18.4 Å². The van der Waals surface area contributed by atoms with Crippen LogP contribution in [0.5, 0.6) is 0 Å². The van der Waals surface area contributed by atoms with E-state index >= 15 is 0 Å². The Morgan fingerprint density at radius 1 is 1.14 bits per heavy atom. The quantitative estimate of drug-likeness (QED) is 0.842. The molecule has 0 fully saturated rings.